The number of carbonyl (C=O) groups is 1. The molecule has 0 bridgehead atoms. The van der Waals surface area contributed by atoms with Gasteiger partial charge in [-0.15, -0.1) is 0 Å². The van der Waals surface area contributed by atoms with Crippen molar-refractivity contribution in [2.45, 2.75) is 33.2 Å². The van der Waals surface area contributed by atoms with Crippen molar-refractivity contribution in [2.75, 3.05) is 20.6 Å². The van der Waals surface area contributed by atoms with Gasteiger partial charge in [0.25, 0.3) is 5.91 Å². The van der Waals surface area contributed by atoms with Crippen molar-refractivity contribution in [1.82, 2.24) is 10.2 Å². The topological polar surface area (TPSA) is 32.3 Å². The number of nitrogens with one attached hydrogen (secondary N) is 1. The first-order chi connectivity index (χ1) is 11.4. The number of aryl methyl sites for hydroxylation is 3. The predicted molar refractivity (Wildman–Crippen MR) is 100 cm³/mol. The highest BCUT2D eigenvalue weighted by Crippen LogP contribution is 2.19. The van der Waals surface area contributed by atoms with Gasteiger partial charge in [-0.2, -0.15) is 0 Å². The molecule has 24 heavy (non-hydrogen) atoms. The molecule has 1 atom stereocenters. The first kappa shape index (κ1) is 18.2. The second kappa shape index (κ2) is 8.11. The fourth-order valence-electron chi connectivity index (χ4n) is 2.97. The maximum atomic E-state index is 12.5. The number of likely N-dealkylation sites (N-methyl/N-ethyl adjacent to an activating group) is 1. The third-order valence-electron chi connectivity index (χ3n) is 4.34. The van der Waals surface area contributed by atoms with Crippen molar-refractivity contribution < 1.29 is 4.79 Å². The van der Waals surface area contributed by atoms with Gasteiger partial charge < -0.3 is 10.2 Å². The number of amides is 1. The van der Waals surface area contributed by atoms with Crippen LogP contribution in [0.25, 0.3) is 0 Å². The molecule has 0 aliphatic carbocycles. The Labute approximate surface area is 145 Å². The van der Waals surface area contributed by atoms with E-state index in [9.17, 15) is 4.79 Å². The fourth-order valence-corrected chi connectivity index (χ4v) is 2.97. The summed E-state index contributed by atoms with van der Waals surface area (Å²) in [6.45, 7) is 6.77. The number of nitrogens with zero attached hydrogens (tertiary/aromatic N) is 1. The molecule has 2 rings (SSSR count). The molecule has 0 heterocycles. The quantitative estimate of drug-likeness (QED) is 0.874. The van der Waals surface area contributed by atoms with Crippen molar-refractivity contribution in [2.24, 2.45) is 0 Å². The SMILES string of the molecule is CCc1ccc(C(CNC(=O)c2cc(C)cc(C)c2)N(C)C)cc1. The minimum absolute atomic E-state index is 0.0150. The smallest absolute Gasteiger partial charge is 0.251 e. The normalized spacial score (nSPS) is 12.2. The van der Waals surface area contributed by atoms with Gasteiger partial charge in [0.2, 0.25) is 0 Å². The Morgan fingerprint density at radius 3 is 2.12 bits per heavy atom. The molecule has 0 saturated carbocycles. The second-order valence-electron chi connectivity index (χ2n) is 6.66. The second-order valence-corrected chi connectivity index (χ2v) is 6.66. The molecule has 0 spiro atoms. The van der Waals surface area contributed by atoms with Crippen LogP contribution in [0.2, 0.25) is 0 Å². The summed E-state index contributed by atoms with van der Waals surface area (Å²) in [4.78, 5) is 14.6. The molecule has 0 fully saturated rings. The van der Waals surface area contributed by atoms with E-state index in [0.717, 1.165) is 23.1 Å². The van der Waals surface area contributed by atoms with Gasteiger partial charge in [0.1, 0.15) is 0 Å². The largest absolute Gasteiger partial charge is 0.350 e. The van der Waals surface area contributed by atoms with E-state index in [-0.39, 0.29) is 11.9 Å². The highest BCUT2D eigenvalue weighted by atomic mass is 16.1. The first-order valence-electron chi connectivity index (χ1n) is 8.52. The summed E-state index contributed by atoms with van der Waals surface area (Å²) in [5.74, 6) is -0.0150. The minimum atomic E-state index is -0.0150. The molecule has 1 unspecified atom stereocenters. The van der Waals surface area contributed by atoms with Crippen molar-refractivity contribution in [1.29, 1.82) is 0 Å². The molecule has 0 aliphatic rings. The lowest BCUT2D eigenvalue weighted by molar-refractivity contribution is 0.0941. The maximum absolute atomic E-state index is 12.5. The molecule has 0 saturated heterocycles. The third kappa shape index (κ3) is 4.68. The number of carbonyl (C=O) groups excluding carboxylic acids is 1. The predicted octanol–water partition coefficient (Wildman–Crippen LogP) is 3.90. The zero-order valence-electron chi connectivity index (χ0n) is 15.4. The van der Waals surface area contributed by atoms with E-state index in [2.05, 4.69) is 47.5 Å². The van der Waals surface area contributed by atoms with E-state index < -0.39 is 0 Å². The monoisotopic (exact) mass is 324 g/mol. The molecule has 2 aromatic carbocycles. The molecule has 3 heteroatoms. The minimum Gasteiger partial charge on any atom is -0.350 e. The Hall–Kier alpha value is -2.13. The van der Waals surface area contributed by atoms with Gasteiger partial charge in [-0.25, -0.2) is 0 Å². The van der Waals surface area contributed by atoms with Crippen LogP contribution in [0.1, 0.15) is 45.6 Å². The van der Waals surface area contributed by atoms with E-state index in [1.54, 1.807) is 0 Å². The number of hydrogen-bond acceptors (Lipinski definition) is 2. The van der Waals surface area contributed by atoms with E-state index in [1.807, 2.05) is 40.1 Å². The Balaban J connectivity index is 2.09. The molecule has 0 aromatic heterocycles. The molecule has 2 aromatic rings. The number of rotatable bonds is 6. The standard InChI is InChI=1S/C21H28N2O/c1-6-17-7-9-18(10-8-17)20(23(4)5)14-22-21(24)19-12-15(2)11-16(3)13-19/h7-13,20H,6,14H2,1-5H3,(H,22,24). The fraction of sp³-hybridized carbons (Fsp3) is 0.381. The first-order valence-corrected chi connectivity index (χ1v) is 8.52. The Bertz CT molecular complexity index is 669. The number of hydrogen-bond donors (Lipinski definition) is 1. The van der Waals surface area contributed by atoms with Crippen LogP contribution in [0.15, 0.2) is 42.5 Å². The molecule has 1 amide bonds. The summed E-state index contributed by atoms with van der Waals surface area (Å²) >= 11 is 0. The molecular weight excluding hydrogens is 296 g/mol. The lowest BCUT2D eigenvalue weighted by Crippen LogP contribution is -2.34. The zero-order valence-corrected chi connectivity index (χ0v) is 15.4. The van der Waals surface area contributed by atoms with Crippen LogP contribution in [-0.2, 0) is 6.42 Å². The van der Waals surface area contributed by atoms with Crippen LogP contribution in [-0.4, -0.2) is 31.4 Å². The summed E-state index contributed by atoms with van der Waals surface area (Å²) in [6, 6.07) is 14.8. The van der Waals surface area contributed by atoms with E-state index >= 15 is 0 Å². The van der Waals surface area contributed by atoms with E-state index in [0.29, 0.717) is 6.54 Å². The van der Waals surface area contributed by atoms with Crippen molar-refractivity contribution in [3.8, 4) is 0 Å². The van der Waals surface area contributed by atoms with Crippen molar-refractivity contribution >= 4 is 5.91 Å². The average molecular weight is 324 g/mol. The van der Waals surface area contributed by atoms with Crippen LogP contribution < -0.4 is 5.32 Å². The summed E-state index contributed by atoms with van der Waals surface area (Å²) in [5.41, 5.74) is 5.50. The lowest BCUT2D eigenvalue weighted by atomic mass is 10.0. The Morgan fingerprint density at radius 2 is 1.62 bits per heavy atom. The van der Waals surface area contributed by atoms with Gasteiger partial charge in [-0.05, 0) is 57.6 Å². The number of benzene rings is 2. The molecule has 0 aliphatic heterocycles. The van der Waals surface area contributed by atoms with Gasteiger partial charge >= 0.3 is 0 Å². The summed E-state index contributed by atoms with van der Waals surface area (Å²) in [5, 5.41) is 3.08. The van der Waals surface area contributed by atoms with E-state index in [1.165, 1.54) is 11.1 Å². The molecule has 128 valence electrons. The van der Waals surface area contributed by atoms with Crippen LogP contribution in [0.4, 0.5) is 0 Å². The third-order valence-corrected chi connectivity index (χ3v) is 4.34. The lowest BCUT2D eigenvalue weighted by Gasteiger charge is -2.25. The highest BCUT2D eigenvalue weighted by molar-refractivity contribution is 5.94. The van der Waals surface area contributed by atoms with E-state index in [4.69, 9.17) is 0 Å². The summed E-state index contributed by atoms with van der Waals surface area (Å²) in [6.07, 6.45) is 1.04. The van der Waals surface area contributed by atoms with Crippen molar-refractivity contribution in [3.63, 3.8) is 0 Å². The van der Waals surface area contributed by atoms with Crippen LogP contribution in [0.3, 0.4) is 0 Å². The van der Waals surface area contributed by atoms with Crippen LogP contribution in [0.5, 0.6) is 0 Å². The summed E-state index contributed by atoms with van der Waals surface area (Å²) in [7, 11) is 4.09. The molecular formula is C21H28N2O. The Kier molecular flexibility index (Phi) is 6.16. The zero-order chi connectivity index (χ0) is 17.7. The highest BCUT2D eigenvalue weighted by Gasteiger charge is 2.16. The summed E-state index contributed by atoms with van der Waals surface area (Å²) < 4.78 is 0. The van der Waals surface area contributed by atoms with Gasteiger partial charge in [-0.1, -0.05) is 48.4 Å². The molecule has 1 N–H and O–H groups in total. The molecule has 3 nitrogen and oxygen atoms in total. The van der Waals surface area contributed by atoms with Crippen LogP contribution in [0, 0.1) is 13.8 Å². The molecule has 0 radical (unpaired) electrons. The van der Waals surface area contributed by atoms with Gasteiger partial charge in [0.15, 0.2) is 0 Å². The van der Waals surface area contributed by atoms with Gasteiger partial charge in [0, 0.05) is 12.1 Å². The van der Waals surface area contributed by atoms with Gasteiger partial charge in [0.05, 0.1) is 6.04 Å². The Morgan fingerprint density at radius 1 is 1.04 bits per heavy atom. The average Bonchev–Trinajstić information content (AvgIpc) is 2.54. The maximum Gasteiger partial charge on any atom is 0.251 e. The van der Waals surface area contributed by atoms with Crippen LogP contribution >= 0.6 is 0 Å². The van der Waals surface area contributed by atoms with Gasteiger partial charge in [-0.3, -0.25) is 4.79 Å². The van der Waals surface area contributed by atoms with Crippen molar-refractivity contribution in [3.05, 3.63) is 70.3 Å².